The summed E-state index contributed by atoms with van der Waals surface area (Å²) in [5, 5.41) is 22.6. The van der Waals surface area contributed by atoms with Gasteiger partial charge in [0.1, 0.15) is 0 Å². The van der Waals surface area contributed by atoms with Crippen molar-refractivity contribution in [3.8, 4) is 0 Å². The Morgan fingerprint density at radius 2 is 2.05 bits per heavy atom. The van der Waals surface area contributed by atoms with Crippen LogP contribution in [0.5, 0.6) is 0 Å². The van der Waals surface area contributed by atoms with Crippen LogP contribution in [-0.4, -0.2) is 42.5 Å². The number of aryl methyl sites for hydroxylation is 2. The smallest absolute Gasteiger partial charge is 0.305 e. The van der Waals surface area contributed by atoms with Crippen molar-refractivity contribution >= 4 is 5.97 Å². The van der Waals surface area contributed by atoms with Crippen LogP contribution in [0.3, 0.4) is 0 Å². The van der Waals surface area contributed by atoms with Crippen LogP contribution in [0, 0.1) is 13.8 Å². The summed E-state index contributed by atoms with van der Waals surface area (Å²) in [6.45, 7) is 5.19. The van der Waals surface area contributed by atoms with E-state index < -0.39 is 18.1 Å². The number of aliphatic hydroxyl groups is 1. The Hall–Kier alpha value is -1.43. The number of hydrogen-bond acceptors (Lipinski definition) is 4. The van der Waals surface area contributed by atoms with E-state index in [0.29, 0.717) is 13.2 Å². The molecule has 0 amide bonds. The lowest BCUT2D eigenvalue weighted by Gasteiger charge is -2.24. The van der Waals surface area contributed by atoms with Crippen LogP contribution in [0.2, 0.25) is 0 Å². The van der Waals surface area contributed by atoms with Gasteiger partial charge in [-0.25, -0.2) is 0 Å². The minimum Gasteiger partial charge on any atom is -0.481 e. The first-order valence-electron chi connectivity index (χ1n) is 7.15. The highest BCUT2D eigenvalue weighted by Crippen LogP contribution is 2.21. The Balaban J connectivity index is 2.75. The molecule has 0 aliphatic heterocycles. The Morgan fingerprint density at radius 1 is 1.33 bits per heavy atom. The predicted octanol–water partition coefficient (Wildman–Crippen LogP) is 1.81. The molecule has 0 aromatic heterocycles. The summed E-state index contributed by atoms with van der Waals surface area (Å²) in [6, 6.07) is 5.18. The van der Waals surface area contributed by atoms with Gasteiger partial charge in [0.15, 0.2) is 0 Å². The van der Waals surface area contributed by atoms with Gasteiger partial charge in [-0.3, -0.25) is 4.79 Å². The number of carboxylic acid groups (broad SMARTS) is 1. The number of nitrogens with one attached hydrogen (secondary N) is 1. The molecule has 5 heteroatoms. The summed E-state index contributed by atoms with van der Waals surface area (Å²) < 4.78 is 4.96. The zero-order valence-electron chi connectivity index (χ0n) is 12.9. The number of rotatable bonds is 9. The summed E-state index contributed by atoms with van der Waals surface area (Å²) in [7, 11) is 1.62. The summed E-state index contributed by atoms with van der Waals surface area (Å²) in [4.78, 5) is 11.0. The molecule has 0 radical (unpaired) electrons. The maximum Gasteiger partial charge on any atom is 0.305 e. The highest BCUT2D eigenvalue weighted by molar-refractivity contribution is 5.67. The maximum atomic E-state index is 11.0. The van der Waals surface area contributed by atoms with Gasteiger partial charge in [-0.1, -0.05) is 18.2 Å². The standard InChI is InChI=1S/C16H25NO4/c1-11-5-6-13(9-12(11)2)16(20)14(10-15(18)19)17-7-4-8-21-3/h5-6,9,14,16-17,20H,4,7-8,10H2,1-3H3,(H,18,19). The van der Waals surface area contributed by atoms with Gasteiger partial charge in [0, 0.05) is 19.8 Å². The summed E-state index contributed by atoms with van der Waals surface area (Å²) in [6.07, 6.45) is -0.198. The Labute approximate surface area is 125 Å². The molecule has 1 aromatic carbocycles. The fourth-order valence-corrected chi connectivity index (χ4v) is 2.17. The molecule has 1 rings (SSSR count). The first-order valence-corrected chi connectivity index (χ1v) is 7.15. The second-order valence-corrected chi connectivity index (χ2v) is 5.29. The van der Waals surface area contributed by atoms with Crippen molar-refractivity contribution in [2.45, 2.75) is 38.8 Å². The van der Waals surface area contributed by atoms with Crippen molar-refractivity contribution in [2.24, 2.45) is 0 Å². The Bertz CT molecular complexity index is 462. The lowest BCUT2D eigenvalue weighted by Crippen LogP contribution is -2.37. The molecule has 1 aromatic rings. The topological polar surface area (TPSA) is 78.8 Å². The van der Waals surface area contributed by atoms with E-state index in [4.69, 9.17) is 9.84 Å². The predicted molar refractivity (Wildman–Crippen MR) is 81.4 cm³/mol. The Kier molecular flexibility index (Phi) is 7.36. The number of aliphatic hydroxyl groups excluding tert-OH is 1. The van der Waals surface area contributed by atoms with Crippen molar-refractivity contribution in [3.05, 3.63) is 34.9 Å². The molecule has 3 N–H and O–H groups in total. The van der Waals surface area contributed by atoms with Gasteiger partial charge in [0.25, 0.3) is 0 Å². The van der Waals surface area contributed by atoms with Crippen LogP contribution in [0.4, 0.5) is 0 Å². The molecule has 5 nitrogen and oxygen atoms in total. The van der Waals surface area contributed by atoms with Crippen molar-refractivity contribution in [2.75, 3.05) is 20.3 Å². The molecule has 0 aliphatic rings. The number of ether oxygens (including phenoxy) is 1. The van der Waals surface area contributed by atoms with E-state index in [1.165, 1.54) is 0 Å². The molecule has 2 atom stereocenters. The van der Waals surface area contributed by atoms with Gasteiger partial charge in [-0.15, -0.1) is 0 Å². The molecular weight excluding hydrogens is 270 g/mol. The molecule has 0 spiro atoms. The van der Waals surface area contributed by atoms with E-state index in [1.54, 1.807) is 7.11 Å². The number of hydrogen-bond donors (Lipinski definition) is 3. The lowest BCUT2D eigenvalue weighted by molar-refractivity contribution is -0.138. The molecule has 0 fully saturated rings. The SMILES string of the molecule is COCCCNC(CC(=O)O)C(O)c1ccc(C)c(C)c1. The first kappa shape index (κ1) is 17.6. The summed E-state index contributed by atoms with van der Waals surface area (Å²) in [5.74, 6) is -0.929. The van der Waals surface area contributed by atoms with Crippen LogP contribution in [-0.2, 0) is 9.53 Å². The summed E-state index contributed by atoms with van der Waals surface area (Å²) >= 11 is 0. The molecule has 0 saturated heterocycles. The zero-order chi connectivity index (χ0) is 15.8. The second kappa shape index (κ2) is 8.77. The third kappa shape index (κ3) is 5.83. The quantitative estimate of drug-likeness (QED) is 0.606. The minimum atomic E-state index is -0.929. The molecule has 0 bridgehead atoms. The third-order valence-electron chi connectivity index (χ3n) is 3.58. The molecule has 0 heterocycles. The number of carboxylic acids is 1. The van der Waals surface area contributed by atoms with Crippen molar-refractivity contribution < 1.29 is 19.7 Å². The molecular formula is C16H25NO4. The lowest BCUT2D eigenvalue weighted by atomic mass is 9.96. The van der Waals surface area contributed by atoms with Crippen LogP contribution in [0.15, 0.2) is 18.2 Å². The maximum absolute atomic E-state index is 11.0. The van der Waals surface area contributed by atoms with Crippen molar-refractivity contribution in [1.29, 1.82) is 0 Å². The van der Waals surface area contributed by atoms with Crippen LogP contribution in [0.1, 0.15) is 35.6 Å². The normalized spacial score (nSPS) is 13.9. The van der Waals surface area contributed by atoms with E-state index in [9.17, 15) is 9.90 Å². The van der Waals surface area contributed by atoms with E-state index in [2.05, 4.69) is 5.32 Å². The third-order valence-corrected chi connectivity index (χ3v) is 3.58. The average molecular weight is 295 g/mol. The molecule has 21 heavy (non-hydrogen) atoms. The molecule has 0 aliphatic carbocycles. The van der Waals surface area contributed by atoms with E-state index in [1.807, 2.05) is 32.0 Å². The monoisotopic (exact) mass is 295 g/mol. The van der Waals surface area contributed by atoms with Gasteiger partial charge in [0.05, 0.1) is 12.5 Å². The number of aliphatic carboxylic acids is 1. The van der Waals surface area contributed by atoms with Gasteiger partial charge < -0.3 is 20.3 Å². The molecule has 2 unspecified atom stereocenters. The first-order chi connectivity index (χ1) is 9.95. The number of carbonyl (C=O) groups is 1. The highest BCUT2D eigenvalue weighted by atomic mass is 16.5. The number of benzene rings is 1. The number of methoxy groups -OCH3 is 1. The van der Waals surface area contributed by atoms with Crippen LogP contribution in [0.25, 0.3) is 0 Å². The fourth-order valence-electron chi connectivity index (χ4n) is 2.17. The highest BCUT2D eigenvalue weighted by Gasteiger charge is 2.23. The van der Waals surface area contributed by atoms with Gasteiger partial charge in [-0.2, -0.15) is 0 Å². The minimum absolute atomic E-state index is 0.124. The van der Waals surface area contributed by atoms with E-state index in [-0.39, 0.29) is 6.42 Å². The second-order valence-electron chi connectivity index (χ2n) is 5.29. The molecule has 0 saturated carbocycles. The van der Waals surface area contributed by atoms with Gasteiger partial charge in [0.2, 0.25) is 0 Å². The van der Waals surface area contributed by atoms with Crippen molar-refractivity contribution in [1.82, 2.24) is 5.32 Å². The zero-order valence-corrected chi connectivity index (χ0v) is 12.9. The van der Waals surface area contributed by atoms with Crippen LogP contribution >= 0.6 is 0 Å². The van der Waals surface area contributed by atoms with Crippen molar-refractivity contribution in [3.63, 3.8) is 0 Å². The van der Waals surface area contributed by atoms with Gasteiger partial charge >= 0.3 is 5.97 Å². The average Bonchev–Trinajstić information content (AvgIpc) is 2.44. The fraction of sp³-hybridized carbons (Fsp3) is 0.562. The molecule has 118 valence electrons. The van der Waals surface area contributed by atoms with E-state index in [0.717, 1.165) is 23.1 Å². The summed E-state index contributed by atoms with van der Waals surface area (Å²) in [5.41, 5.74) is 2.97. The Morgan fingerprint density at radius 3 is 2.62 bits per heavy atom. The van der Waals surface area contributed by atoms with E-state index >= 15 is 0 Å². The van der Waals surface area contributed by atoms with Crippen LogP contribution < -0.4 is 5.32 Å². The largest absolute Gasteiger partial charge is 0.481 e. The van der Waals surface area contributed by atoms with Gasteiger partial charge in [-0.05, 0) is 43.5 Å².